The van der Waals surface area contributed by atoms with Crippen molar-refractivity contribution in [3.8, 4) is 0 Å². The van der Waals surface area contributed by atoms with Gasteiger partial charge in [-0.3, -0.25) is 9.69 Å². The van der Waals surface area contributed by atoms with E-state index in [1.54, 1.807) is 0 Å². The van der Waals surface area contributed by atoms with Crippen molar-refractivity contribution in [2.45, 2.75) is 33.4 Å². The number of benzene rings is 2. The van der Waals surface area contributed by atoms with Crippen molar-refractivity contribution >= 4 is 22.6 Å². The van der Waals surface area contributed by atoms with Gasteiger partial charge in [-0.05, 0) is 43.3 Å². The van der Waals surface area contributed by atoms with Crippen LogP contribution in [0, 0.1) is 0 Å². The van der Waals surface area contributed by atoms with Gasteiger partial charge >= 0.3 is 0 Å². The fraction of sp³-hybridized carbons (Fsp3) is 0.417. The first-order valence-electron chi connectivity index (χ1n) is 11.0. The van der Waals surface area contributed by atoms with E-state index in [1.165, 1.54) is 0 Å². The summed E-state index contributed by atoms with van der Waals surface area (Å²) in [4.78, 5) is 22.4. The predicted molar refractivity (Wildman–Crippen MR) is 122 cm³/mol. The van der Waals surface area contributed by atoms with Crippen molar-refractivity contribution in [3.05, 3.63) is 59.9 Å². The molecule has 6 heteroatoms. The topological polar surface area (TPSA) is 53.4 Å². The number of fused-ring (bicyclic) bond motifs is 1. The monoisotopic (exact) mass is 405 g/mol. The average molecular weight is 406 g/mol. The lowest BCUT2D eigenvalue weighted by molar-refractivity contribution is 0.102. The van der Waals surface area contributed by atoms with E-state index in [2.05, 4.69) is 39.6 Å². The molecule has 1 aromatic heterocycles. The van der Waals surface area contributed by atoms with Gasteiger partial charge in [-0.15, -0.1) is 0 Å². The van der Waals surface area contributed by atoms with Crippen LogP contribution in [0.5, 0.6) is 0 Å². The molecule has 0 unspecified atom stereocenters. The molecular formula is C24H31N5O. The van der Waals surface area contributed by atoms with Gasteiger partial charge in [-0.2, -0.15) is 0 Å². The highest BCUT2D eigenvalue weighted by Gasteiger charge is 2.19. The third-order valence-corrected chi connectivity index (χ3v) is 5.85. The largest absolute Gasteiger partial charge is 0.327 e. The summed E-state index contributed by atoms with van der Waals surface area (Å²) in [5.74, 6) is 1.01. The zero-order valence-electron chi connectivity index (χ0n) is 18.0. The van der Waals surface area contributed by atoms with Crippen LogP contribution in [0.4, 0.5) is 5.69 Å². The molecule has 158 valence electrons. The average Bonchev–Trinajstić information content (AvgIpc) is 3.11. The maximum Gasteiger partial charge on any atom is 0.255 e. The number of hydrogen-bond acceptors (Lipinski definition) is 4. The highest BCUT2D eigenvalue weighted by molar-refractivity contribution is 6.04. The van der Waals surface area contributed by atoms with E-state index in [0.717, 1.165) is 74.8 Å². The third kappa shape index (κ3) is 4.55. The van der Waals surface area contributed by atoms with Crippen molar-refractivity contribution in [2.24, 2.45) is 0 Å². The molecule has 2 aromatic carbocycles. The first-order chi connectivity index (χ1) is 14.7. The number of carbonyl (C=O) groups is 1. The molecule has 0 radical (unpaired) electrons. The number of imidazole rings is 1. The fourth-order valence-electron chi connectivity index (χ4n) is 4.11. The molecule has 1 aliphatic heterocycles. The molecule has 0 saturated carbocycles. The Morgan fingerprint density at radius 2 is 1.73 bits per heavy atom. The number of nitrogens with one attached hydrogen (secondary N) is 1. The Bertz CT molecular complexity index is 990. The number of rotatable bonds is 7. The molecule has 1 aliphatic rings. The van der Waals surface area contributed by atoms with Gasteiger partial charge in [-0.1, -0.05) is 32.0 Å². The fourth-order valence-corrected chi connectivity index (χ4v) is 4.11. The summed E-state index contributed by atoms with van der Waals surface area (Å²) in [6.45, 7) is 11.8. The maximum absolute atomic E-state index is 12.5. The summed E-state index contributed by atoms with van der Waals surface area (Å²) in [6, 6.07) is 15.3. The van der Waals surface area contributed by atoms with Crippen molar-refractivity contribution in [2.75, 3.05) is 38.0 Å². The van der Waals surface area contributed by atoms with Crippen molar-refractivity contribution in [3.63, 3.8) is 0 Å². The molecule has 3 aromatic rings. The van der Waals surface area contributed by atoms with Crippen LogP contribution in [0.2, 0.25) is 0 Å². The van der Waals surface area contributed by atoms with Gasteiger partial charge in [-0.25, -0.2) is 4.98 Å². The molecule has 0 bridgehead atoms. The second kappa shape index (κ2) is 9.41. The molecule has 1 saturated heterocycles. The Kier molecular flexibility index (Phi) is 6.45. The van der Waals surface area contributed by atoms with Gasteiger partial charge in [0.05, 0.1) is 17.6 Å². The molecule has 0 spiro atoms. The Morgan fingerprint density at radius 1 is 1.00 bits per heavy atom. The third-order valence-electron chi connectivity index (χ3n) is 5.85. The number of amides is 1. The molecule has 4 rings (SSSR count). The van der Waals surface area contributed by atoms with E-state index >= 15 is 0 Å². The SMILES string of the molecule is CCCn1c(CN2CCN(CC)CC2)nc2cc(NC(=O)c3ccccc3)ccc21. The van der Waals surface area contributed by atoms with Gasteiger partial charge in [0.2, 0.25) is 0 Å². The number of anilines is 1. The second-order valence-electron chi connectivity index (χ2n) is 7.91. The van der Waals surface area contributed by atoms with Crippen LogP contribution >= 0.6 is 0 Å². The smallest absolute Gasteiger partial charge is 0.255 e. The number of nitrogens with zero attached hydrogens (tertiary/aromatic N) is 4. The zero-order valence-corrected chi connectivity index (χ0v) is 18.0. The summed E-state index contributed by atoms with van der Waals surface area (Å²) >= 11 is 0. The van der Waals surface area contributed by atoms with Crippen LogP contribution in [-0.4, -0.2) is 58.0 Å². The summed E-state index contributed by atoms with van der Waals surface area (Å²) in [6.07, 6.45) is 1.06. The Hall–Kier alpha value is -2.70. The number of hydrogen-bond donors (Lipinski definition) is 1. The quantitative estimate of drug-likeness (QED) is 0.649. The van der Waals surface area contributed by atoms with Crippen molar-refractivity contribution in [1.29, 1.82) is 0 Å². The number of carbonyl (C=O) groups excluding carboxylic acids is 1. The Balaban J connectivity index is 1.54. The van der Waals surface area contributed by atoms with Crippen LogP contribution in [0.1, 0.15) is 36.5 Å². The zero-order chi connectivity index (χ0) is 20.9. The van der Waals surface area contributed by atoms with E-state index in [4.69, 9.17) is 4.98 Å². The molecular weight excluding hydrogens is 374 g/mol. The lowest BCUT2D eigenvalue weighted by atomic mass is 10.2. The normalized spacial score (nSPS) is 15.5. The van der Waals surface area contributed by atoms with E-state index in [9.17, 15) is 4.79 Å². The van der Waals surface area contributed by atoms with Gasteiger partial charge in [0.1, 0.15) is 5.82 Å². The summed E-state index contributed by atoms with van der Waals surface area (Å²) in [5.41, 5.74) is 3.51. The lowest BCUT2D eigenvalue weighted by Crippen LogP contribution is -2.45. The second-order valence-corrected chi connectivity index (χ2v) is 7.91. The summed E-state index contributed by atoms with van der Waals surface area (Å²) in [7, 11) is 0. The van der Waals surface area contributed by atoms with Crippen LogP contribution in [-0.2, 0) is 13.1 Å². The number of aryl methyl sites for hydroxylation is 1. The van der Waals surface area contributed by atoms with Crippen LogP contribution in [0.3, 0.4) is 0 Å². The first-order valence-corrected chi connectivity index (χ1v) is 11.0. The molecule has 0 aliphatic carbocycles. The minimum absolute atomic E-state index is 0.100. The molecule has 0 atom stereocenters. The Morgan fingerprint density at radius 3 is 2.43 bits per heavy atom. The van der Waals surface area contributed by atoms with Gasteiger partial charge in [0, 0.05) is 44.0 Å². The molecule has 2 heterocycles. The standard InChI is InChI=1S/C24H31N5O/c1-3-12-29-22-11-10-20(25-24(30)19-8-6-5-7-9-19)17-21(22)26-23(29)18-28-15-13-27(4-2)14-16-28/h5-11,17H,3-4,12-16,18H2,1-2H3,(H,25,30). The number of piperazine rings is 1. The summed E-state index contributed by atoms with van der Waals surface area (Å²) < 4.78 is 2.34. The molecule has 6 nitrogen and oxygen atoms in total. The molecule has 1 fully saturated rings. The number of likely N-dealkylation sites (N-methyl/N-ethyl adjacent to an activating group) is 1. The predicted octanol–water partition coefficient (Wildman–Crippen LogP) is 3.84. The molecule has 1 N–H and O–H groups in total. The van der Waals surface area contributed by atoms with Crippen LogP contribution in [0.15, 0.2) is 48.5 Å². The minimum atomic E-state index is -0.100. The lowest BCUT2D eigenvalue weighted by Gasteiger charge is -2.33. The van der Waals surface area contributed by atoms with Gasteiger partial charge < -0.3 is 14.8 Å². The van der Waals surface area contributed by atoms with Crippen LogP contribution in [0.25, 0.3) is 11.0 Å². The van der Waals surface area contributed by atoms with Gasteiger partial charge in [0.25, 0.3) is 5.91 Å². The van der Waals surface area contributed by atoms with Crippen LogP contribution < -0.4 is 5.32 Å². The summed E-state index contributed by atoms with van der Waals surface area (Å²) in [5, 5.41) is 3.00. The molecule has 1 amide bonds. The van der Waals surface area contributed by atoms with E-state index in [-0.39, 0.29) is 5.91 Å². The maximum atomic E-state index is 12.5. The Labute approximate surface area is 178 Å². The highest BCUT2D eigenvalue weighted by Crippen LogP contribution is 2.23. The van der Waals surface area contributed by atoms with Crippen molar-refractivity contribution < 1.29 is 4.79 Å². The van der Waals surface area contributed by atoms with Gasteiger partial charge in [0.15, 0.2) is 0 Å². The van der Waals surface area contributed by atoms with E-state index < -0.39 is 0 Å². The highest BCUT2D eigenvalue weighted by atomic mass is 16.1. The van der Waals surface area contributed by atoms with Crippen molar-refractivity contribution in [1.82, 2.24) is 19.4 Å². The number of aromatic nitrogens is 2. The first kappa shape index (κ1) is 20.6. The minimum Gasteiger partial charge on any atom is -0.327 e. The van der Waals surface area contributed by atoms with E-state index in [1.807, 2.05) is 42.5 Å². The molecule has 30 heavy (non-hydrogen) atoms. The van der Waals surface area contributed by atoms with E-state index in [0.29, 0.717) is 5.56 Å².